The van der Waals surface area contributed by atoms with E-state index in [2.05, 4.69) is 5.32 Å². The molecule has 0 aliphatic rings. The van der Waals surface area contributed by atoms with Gasteiger partial charge < -0.3 is 15.3 Å². The van der Waals surface area contributed by atoms with E-state index in [-0.39, 0.29) is 11.3 Å². The van der Waals surface area contributed by atoms with Crippen molar-refractivity contribution in [1.29, 1.82) is 0 Å². The summed E-state index contributed by atoms with van der Waals surface area (Å²) in [4.78, 5) is 13.3. The standard InChI is InChI=1S/C14H21ClN2O2S/c1-10(18)9-17(2)14(19)16-8-13(20-3)11-5-4-6-12(15)7-11/h4-7,10,13,18H,8-9H2,1-3H3,(H,16,19)/t10-,13+/m0/s1. The first-order chi connectivity index (χ1) is 9.43. The summed E-state index contributed by atoms with van der Waals surface area (Å²) < 4.78 is 0. The largest absolute Gasteiger partial charge is 0.392 e. The van der Waals surface area contributed by atoms with Gasteiger partial charge in [-0.25, -0.2) is 4.79 Å². The summed E-state index contributed by atoms with van der Waals surface area (Å²) in [6, 6.07) is 7.46. The summed E-state index contributed by atoms with van der Waals surface area (Å²) in [6.07, 6.45) is 1.46. The molecule has 0 radical (unpaired) electrons. The first kappa shape index (κ1) is 17.1. The van der Waals surface area contributed by atoms with E-state index >= 15 is 0 Å². The minimum absolute atomic E-state index is 0.151. The molecular formula is C14H21ClN2O2S. The number of carbonyl (C=O) groups excluding carboxylic acids is 1. The Morgan fingerprint density at radius 3 is 2.80 bits per heavy atom. The van der Waals surface area contributed by atoms with Gasteiger partial charge in [-0.3, -0.25) is 0 Å². The van der Waals surface area contributed by atoms with E-state index in [1.165, 1.54) is 4.90 Å². The zero-order valence-corrected chi connectivity index (χ0v) is 13.5. The highest BCUT2D eigenvalue weighted by molar-refractivity contribution is 7.98. The molecule has 20 heavy (non-hydrogen) atoms. The number of aliphatic hydroxyl groups is 1. The molecular weight excluding hydrogens is 296 g/mol. The van der Waals surface area contributed by atoms with Crippen LogP contribution >= 0.6 is 23.4 Å². The third kappa shape index (κ3) is 5.61. The number of benzene rings is 1. The molecule has 0 saturated carbocycles. The number of nitrogens with zero attached hydrogens (tertiary/aromatic N) is 1. The fraction of sp³-hybridized carbons (Fsp3) is 0.500. The highest BCUT2D eigenvalue weighted by Gasteiger charge is 2.15. The zero-order valence-electron chi connectivity index (χ0n) is 12.0. The maximum atomic E-state index is 11.9. The number of likely N-dealkylation sites (N-methyl/N-ethyl adjacent to an activating group) is 1. The number of hydrogen-bond donors (Lipinski definition) is 2. The van der Waals surface area contributed by atoms with Gasteiger partial charge in [0.1, 0.15) is 0 Å². The molecule has 2 amide bonds. The average molecular weight is 317 g/mol. The molecule has 0 aliphatic carbocycles. The van der Waals surface area contributed by atoms with Crippen LogP contribution in [0.1, 0.15) is 17.7 Å². The molecule has 1 aromatic carbocycles. The molecule has 0 saturated heterocycles. The Morgan fingerprint density at radius 1 is 1.55 bits per heavy atom. The Bertz CT molecular complexity index is 443. The number of hydrogen-bond acceptors (Lipinski definition) is 3. The summed E-state index contributed by atoms with van der Waals surface area (Å²) >= 11 is 7.64. The van der Waals surface area contributed by atoms with Crippen LogP contribution in [0.2, 0.25) is 5.02 Å². The Morgan fingerprint density at radius 2 is 2.25 bits per heavy atom. The van der Waals surface area contributed by atoms with Crippen LogP contribution in [0.4, 0.5) is 4.79 Å². The number of aliphatic hydroxyl groups excluding tert-OH is 1. The lowest BCUT2D eigenvalue weighted by atomic mass is 10.1. The lowest BCUT2D eigenvalue weighted by Crippen LogP contribution is -2.41. The monoisotopic (exact) mass is 316 g/mol. The van der Waals surface area contributed by atoms with E-state index in [0.29, 0.717) is 18.1 Å². The Hall–Kier alpha value is -0.910. The van der Waals surface area contributed by atoms with E-state index in [0.717, 1.165) is 5.56 Å². The minimum atomic E-state index is -0.532. The van der Waals surface area contributed by atoms with Crippen LogP contribution in [0.25, 0.3) is 0 Å². The molecule has 0 unspecified atom stereocenters. The number of halogens is 1. The van der Waals surface area contributed by atoms with E-state index < -0.39 is 6.10 Å². The van der Waals surface area contributed by atoms with Gasteiger partial charge in [-0.1, -0.05) is 23.7 Å². The number of nitrogens with one attached hydrogen (secondary N) is 1. The molecule has 2 N–H and O–H groups in total. The number of carbonyl (C=O) groups is 1. The smallest absolute Gasteiger partial charge is 0.317 e. The van der Waals surface area contributed by atoms with Crippen LogP contribution in [-0.2, 0) is 0 Å². The first-order valence-corrected chi connectivity index (χ1v) is 8.06. The van der Waals surface area contributed by atoms with Crippen molar-refractivity contribution in [2.75, 3.05) is 26.4 Å². The van der Waals surface area contributed by atoms with E-state index in [9.17, 15) is 9.90 Å². The topological polar surface area (TPSA) is 52.6 Å². The van der Waals surface area contributed by atoms with Gasteiger partial charge in [0.25, 0.3) is 0 Å². The van der Waals surface area contributed by atoms with Crippen molar-refractivity contribution in [2.24, 2.45) is 0 Å². The molecule has 0 spiro atoms. The SMILES string of the molecule is CS[C@H](CNC(=O)N(C)C[C@H](C)O)c1cccc(Cl)c1. The second kappa shape index (κ2) is 8.39. The predicted octanol–water partition coefficient (Wildman–Crippen LogP) is 2.77. The second-order valence-corrected chi connectivity index (χ2v) is 6.17. The van der Waals surface area contributed by atoms with Crippen molar-refractivity contribution in [3.05, 3.63) is 34.9 Å². The van der Waals surface area contributed by atoms with Gasteiger partial charge in [-0.15, -0.1) is 0 Å². The number of thioether (sulfide) groups is 1. The summed E-state index contributed by atoms with van der Waals surface area (Å²) in [7, 11) is 1.66. The normalized spacial score (nSPS) is 13.7. The van der Waals surface area contributed by atoms with Crippen LogP contribution < -0.4 is 5.32 Å². The molecule has 0 fully saturated rings. The molecule has 0 aliphatic heterocycles. The van der Waals surface area contributed by atoms with Gasteiger partial charge in [-0.2, -0.15) is 11.8 Å². The van der Waals surface area contributed by atoms with E-state index in [4.69, 9.17) is 11.6 Å². The molecule has 1 rings (SSSR count). The summed E-state index contributed by atoms with van der Waals surface area (Å²) in [5.74, 6) is 0. The van der Waals surface area contributed by atoms with Gasteiger partial charge in [0.15, 0.2) is 0 Å². The number of amides is 2. The van der Waals surface area contributed by atoms with Crippen molar-refractivity contribution in [1.82, 2.24) is 10.2 Å². The molecule has 112 valence electrons. The van der Waals surface area contributed by atoms with Gasteiger partial charge in [0.05, 0.1) is 6.10 Å². The van der Waals surface area contributed by atoms with Crippen LogP contribution in [0.5, 0.6) is 0 Å². The Balaban J connectivity index is 2.55. The molecule has 0 bridgehead atoms. The van der Waals surface area contributed by atoms with Gasteiger partial charge in [-0.05, 0) is 30.9 Å². The quantitative estimate of drug-likeness (QED) is 0.848. The minimum Gasteiger partial charge on any atom is -0.392 e. The predicted molar refractivity (Wildman–Crippen MR) is 85.4 cm³/mol. The summed E-state index contributed by atoms with van der Waals surface area (Å²) in [6.45, 7) is 2.48. The maximum absolute atomic E-state index is 11.9. The van der Waals surface area contributed by atoms with Crippen LogP contribution in [0.3, 0.4) is 0 Å². The molecule has 2 atom stereocenters. The van der Waals surface area contributed by atoms with Crippen molar-refractivity contribution in [3.63, 3.8) is 0 Å². The summed E-state index contributed by atoms with van der Waals surface area (Å²) in [5, 5.41) is 13.0. The van der Waals surface area contributed by atoms with Crippen LogP contribution in [-0.4, -0.2) is 48.5 Å². The molecule has 6 heteroatoms. The van der Waals surface area contributed by atoms with Crippen molar-refractivity contribution < 1.29 is 9.90 Å². The molecule has 0 heterocycles. The average Bonchev–Trinajstić information content (AvgIpc) is 2.38. The van der Waals surface area contributed by atoms with E-state index in [1.54, 1.807) is 25.7 Å². The fourth-order valence-corrected chi connectivity index (χ4v) is 2.71. The first-order valence-electron chi connectivity index (χ1n) is 6.39. The van der Waals surface area contributed by atoms with Crippen molar-refractivity contribution in [3.8, 4) is 0 Å². The molecule has 4 nitrogen and oxygen atoms in total. The van der Waals surface area contributed by atoms with Gasteiger partial charge in [0.2, 0.25) is 0 Å². The third-order valence-electron chi connectivity index (χ3n) is 2.83. The Kier molecular flexibility index (Phi) is 7.19. The molecule has 1 aromatic rings. The zero-order chi connectivity index (χ0) is 15.1. The lowest BCUT2D eigenvalue weighted by Gasteiger charge is -2.22. The van der Waals surface area contributed by atoms with Crippen LogP contribution in [0, 0.1) is 0 Å². The summed E-state index contributed by atoms with van der Waals surface area (Å²) in [5.41, 5.74) is 1.09. The van der Waals surface area contributed by atoms with E-state index in [1.807, 2.05) is 30.5 Å². The second-order valence-electron chi connectivity index (χ2n) is 4.69. The highest BCUT2D eigenvalue weighted by Crippen LogP contribution is 2.27. The third-order valence-corrected chi connectivity index (χ3v) is 4.07. The van der Waals surface area contributed by atoms with Crippen molar-refractivity contribution in [2.45, 2.75) is 18.3 Å². The Labute approximate surface area is 129 Å². The molecule has 0 aromatic heterocycles. The number of urea groups is 1. The number of rotatable bonds is 6. The van der Waals surface area contributed by atoms with Crippen molar-refractivity contribution >= 4 is 29.4 Å². The maximum Gasteiger partial charge on any atom is 0.317 e. The highest BCUT2D eigenvalue weighted by atomic mass is 35.5. The van der Waals surface area contributed by atoms with Crippen LogP contribution in [0.15, 0.2) is 24.3 Å². The van der Waals surface area contributed by atoms with Gasteiger partial charge >= 0.3 is 6.03 Å². The van der Waals surface area contributed by atoms with Gasteiger partial charge in [0, 0.05) is 30.4 Å². The fourth-order valence-electron chi connectivity index (χ4n) is 1.84. The lowest BCUT2D eigenvalue weighted by molar-refractivity contribution is 0.144.